The molecule has 1 aromatic rings. The summed E-state index contributed by atoms with van der Waals surface area (Å²) in [5.74, 6) is -2.15. The molecule has 2 atom stereocenters. The minimum absolute atomic E-state index is 0.0412. The van der Waals surface area contributed by atoms with E-state index in [1.807, 2.05) is 6.92 Å². The molecule has 0 aliphatic carbocycles. The normalized spacial score (nSPS) is 13.5. The van der Waals surface area contributed by atoms with E-state index >= 15 is 0 Å². The van der Waals surface area contributed by atoms with Gasteiger partial charge in [-0.3, -0.25) is 9.59 Å². The van der Waals surface area contributed by atoms with Crippen molar-refractivity contribution in [3.63, 3.8) is 0 Å². The van der Waals surface area contributed by atoms with Crippen LogP contribution in [0.5, 0.6) is 0 Å². The highest BCUT2D eigenvalue weighted by atomic mass is 35.5. The van der Waals surface area contributed by atoms with E-state index in [1.54, 1.807) is 6.92 Å². The number of rotatable bonds is 8. The lowest BCUT2D eigenvalue weighted by Gasteiger charge is -2.20. The molecule has 122 valence electrons. The van der Waals surface area contributed by atoms with Crippen LogP contribution in [0.4, 0.5) is 4.39 Å². The number of amides is 1. The van der Waals surface area contributed by atoms with Crippen LogP contribution < -0.4 is 5.32 Å². The maximum absolute atomic E-state index is 13.5. The van der Waals surface area contributed by atoms with E-state index in [-0.39, 0.29) is 23.3 Å². The Balaban J connectivity index is 2.86. The first kappa shape index (κ1) is 18.4. The average Bonchev–Trinajstić information content (AvgIpc) is 2.46. The highest BCUT2D eigenvalue weighted by Gasteiger charge is 2.22. The SMILES string of the molecule is CCCCC(C)C(=O)NC(CC(=O)O)c1ccc(Cl)c(F)c1. The third-order valence-corrected chi connectivity index (χ3v) is 3.79. The van der Waals surface area contributed by atoms with Gasteiger partial charge in [0.2, 0.25) is 5.91 Å². The van der Waals surface area contributed by atoms with Crippen molar-refractivity contribution in [3.8, 4) is 0 Å². The number of halogens is 2. The van der Waals surface area contributed by atoms with E-state index in [0.717, 1.165) is 25.3 Å². The van der Waals surface area contributed by atoms with Crippen LogP contribution >= 0.6 is 11.6 Å². The fourth-order valence-corrected chi connectivity index (χ4v) is 2.23. The summed E-state index contributed by atoms with van der Waals surface area (Å²) < 4.78 is 13.5. The van der Waals surface area contributed by atoms with Crippen molar-refractivity contribution in [2.24, 2.45) is 5.92 Å². The molecule has 0 saturated heterocycles. The van der Waals surface area contributed by atoms with E-state index in [2.05, 4.69) is 5.32 Å². The maximum Gasteiger partial charge on any atom is 0.305 e. The molecule has 1 amide bonds. The summed E-state index contributed by atoms with van der Waals surface area (Å²) in [7, 11) is 0. The fraction of sp³-hybridized carbons (Fsp3) is 0.500. The van der Waals surface area contributed by atoms with Crippen LogP contribution in [-0.4, -0.2) is 17.0 Å². The van der Waals surface area contributed by atoms with E-state index < -0.39 is 17.8 Å². The van der Waals surface area contributed by atoms with Gasteiger partial charge in [-0.1, -0.05) is 44.4 Å². The number of carboxylic acids is 1. The van der Waals surface area contributed by atoms with Crippen LogP contribution in [0, 0.1) is 11.7 Å². The zero-order valence-electron chi connectivity index (χ0n) is 12.7. The largest absolute Gasteiger partial charge is 0.481 e. The van der Waals surface area contributed by atoms with Crippen LogP contribution in [0.3, 0.4) is 0 Å². The lowest BCUT2D eigenvalue weighted by molar-refractivity contribution is -0.138. The number of benzene rings is 1. The number of carboxylic acid groups (broad SMARTS) is 1. The standard InChI is InChI=1S/C16H21ClFNO3/c1-3-4-5-10(2)16(22)19-14(9-15(20)21)11-6-7-12(17)13(18)8-11/h6-8,10,14H,3-5,9H2,1-2H3,(H,19,22)(H,20,21). The summed E-state index contributed by atoms with van der Waals surface area (Å²) in [6, 6.07) is 3.26. The van der Waals surface area contributed by atoms with Gasteiger partial charge >= 0.3 is 5.97 Å². The molecule has 0 spiro atoms. The third-order valence-electron chi connectivity index (χ3n) is 3.48. The molecule has 22 heavy (non-hydrogen) atoms. The first-order valence-electron chi connectivity index (χ1n) is 7.32. The highest BCUT2D eigenvalue weighted by Crippen LogP contribution is 2.23. The van der Waals surface area contributed by atoms with Crippen molar-refractivity contribution >= 4 is 23.5 Å². The second-order valence-corrected chi connectivity index (χ2v) is 5.78. The average molecular weight is 330 g/mol. The topological polar surface area (TPSA) is 66.4 Å². The van der Waals surface area contributed by atoms with Gasteiger partial charge in [0.1, 0.15) is 5.82 Å². The van der Waals surface area contributed by atoms with E-state index in [1.165, 1.54) is 12.1 Å². The Labute approximate surface area is 134 Å². The van der Waals surface area contributed by atoms with Crippen LogP contribution in [-0.2, 0) is 9.59 Å². The Kier molecular flexibility index (Phi) is 7.32. The minimum atomic E-state index is -1.07. The van der Waals surface area contributed by atoms with Gasteiger partial charge in [-0.25, -0.2) is 4.39 Å². The summed E-state index contributed by atoms with van der Waals surface area (Å²) in [5, 5.41) is 11.6. The lowest BCUT2D eigenvalue weighted by Crippen LogP contribution is -2.34. The second-order valence-electron chi connectivity index (χ2n) is 5.38. The number of hydrogen-bond acceptors (Lipinski definition) is 2. The Bertz CT molecular complexity index is 536. The Morgan fingerprint density at radius 2 is 2.09 bits per heavy atom. The Morgan fingerprint density at radius 1 is 1.41 bits per heavy atom. The molecule has 0 aliphatic rings. The molecule has 0 bridgehead atoms. The molecule has 1 aromatic carbocycles. The molecule has 0 saturated carbocycles. The number of aliphatic carboxylic acids is 1. The summed E-state index contributed by atoms with van der Waals surface area (Å²) >= 11 is 5.63. The van der Waals surface area contributed by atoms with Gasteiger partial charge in [0.15, 0.2) is 0 Å². The molecule has 2 N–H and O–H groups in total. The molecule has 6 heteroatoms. The summed E-state index contributed by atoms with van der Waals surface area (Å²) in [5.41, 5.74) is 0.389. The first-order valence-corrected chi connectivity index (χ1v) is 7.70. The number of nitrogens with one attached hydrogen (secondary N) is 1. The van der Waals surface area contributed by atoms with Crippen LogP contribution in [0.2, 0.25) is 5.02 Å². The van der Waals surface area contributed by atoms with Crippen molar-refractivity contribution in [2.45, 2.75) is 45.6 Å². The summed E-state index contributed by atoms with van der Waals surface area (Å²) in [6.45, 7) is 3.83. The van der Waals surface area contributed by atoms with Crippen molar-refractivity contribution < 1.29 is 19.1 Å². The van der Waals surface area contributed by atoms with Gasteiger partial charge in [-0.2, -0.15) is 0 Å². The molecular weight excluding hydrogens is 309 g/mol. The summed E-state index contributed by atoms with van der Waals surface area (Å²) in [6.07, 6.45) is 2.33. The van der Waals surface area contributed by atoms with E-state index in [4.69, 9.17) is 16.7 Å². The van der Waals surface area contributed by atoms with Gasteiger partial charge in [0, 0.05) is 5.92 Å². The third kappa shape index (κ3) is 5.64. The Hall–Kier alpha value is -1.62. The maximum atomic E-state index is 13.5. The second kappa shape index (κ2) is 8.73. The van der Waals surface area contributed by atoms with Crippen LogP contribution in [0.1, 0.15) is 51.1 Å². The predicted octanol–water partition coefficient (Wildman–Crippen LogP) is 3.94. The van der Waals surface area contributed by atoms with E-state index in [0.29, 0.717) is 5.56 Å². The van der Waals surface area contributed by atoms with Crippen molar-refractivity contribution in [3.05, 3.63) is 34.6 Å². The number of unbranched alkanes of at least 4 members (excludes halogenated alkanes) is 1. The van der Waals surface area contributed by atoms with Gasteiger partial charge in [0.05, 0.1) is 17.5 Å². The van der Waals surface area contributed by atoms with Gasteiger partial charge < -0.3 is 10.4 Å². The quantitative estimate of drug-likeness (QED) is 0.759. The molecule has 0 aromatic heterocycles. The first-order chi connectivity index (χ1) is 10.3. The molecule has 0 aliphatic heterocycles. The monoisotopic (exact) mass is 329 g/mol. The number of carbonyl (C=O) groups excluding carboxylic acids is 1. The van der Waals surface area contributed by atoms with Crippen molar-refractivity contribution in [1.29, 1.82) is 0 Å². The minimum Gasteiger partial charge on any atom is -0.481 e. The number of hydrogen-bond donors (Lipinski definition) is 2. The molecule has 1 rings (SSSR count). The molecule has 0 fully saturated rings. The van der Waals surface area contributed by atoms with Gasteiger partial charge in [-0.15, -0.1) is 0 Å². The van der Waals surface area contributed by atoms with Crippen LogP contribution in [0.25, 0.3) is 0 Å². The lowest BCUT2D eigenvalue weighted by atomic mass is 10.00. The van der Waals surface area contributed by atoms with Crippen LogP contribution in [0.15, 0.2) is 18.2 Å². The zero-order chi connectivity index (χ0) is 16.7. The predicted molar refractivity (Wildman–Crippen MR) is 83.2 cm³/mol. The fourth-order valence-electron chi connectivity index (χ4n) is 2.11. The molecule has 0 radical (unpaired) electrons. The van der Waals surface area contributed by atoms with Gasteiger partial charge in [0.25, 0.3) is 0 Å². The van der Waals surface area contributed by atoms with Crippen molar-refractivity contribution in [2.75, 3.05) is 0 Å². The summed E-state index contributed by atoms with van der Waals surface area (Å²) in [4.78, 5) is 23.1. The molecular formula is C16H21ClFNO3. The Morgan fingerprint density at radius 3 is 2.64 bits per heavy atom. The zero-order valence-corrected chi connectivity index (χ0v) is 13.5. The highest BCUT2D eigenvalue weighted by molar-refractivity contribution is 6.30. The van der Waals surface area contributed by atoms with Crippen molar-refractivity contribution in [1.82, 2.24) is 5.32 Å². The van der Waals surface area contributed by atoms with E-state index in [9.17, 15) is 14.0 Å². The molecule has 4 nitrogen and oxygen atoms in total. The van der Waals surface area contributed by atoms with Gasteiger partial charge in [-0.05, 0) is 24.1 Å². The smallest absolute Gasteiger partial charge is 0.305 e. The number of carbonyl (C=O) groups is 2. The molecule has 0 heterocycles. The molecule has 2 unspecified atom stereocenters.